The molecule has 0 unspecified atom stereocenters. The second-order valence-corrected chi connectivity index (χ2v) is 13.9. The van der Waals surface area contributed by atoms with Crippen molar-refractivity contribution >= 4 is 29.6 Å². The third kappa shape index (κ3) is 11.6. The molecule has 7 rings (SSSR count). The van der Waals surface area contributed by atoms with E-state index in [1.165, 1.54) is 18.2 Å². The number of benzene rings is 5. The zero-order chi connectivity index (χ0) is 40.1. The lowest BCUT2D eigenvalue weighted by Crippen LogP contribution is -2.59. The highest BCUT2D eigenvalue weighted by Gasteiger charge is 2.32. The molecule has 0 spiro atoms. The maximum Gasteiger partial charge on any atom is 0.326 e. The molecule has 5 N–H and O–H groups in total. The lowest BCUT2D eigenvalue weighted by Gasteiger charge is -2.26. The molecular weight excluding hydrogens is 728 g/mol. The summed E-state index contributed by atoms with van der Waals surface area (Å²) >= 11 is 0. The number of aliphatic carboxylic acids is 1. The van der Waals surface area contributed by atoms with Gasteiger partial charge in [0.05, 0.1) is 0 Å². The molecule has 5 aromatic carbocycles. The summed E-state index contributed by atoms with van der Waals surface area (Å²) in [6.07, 6.45) is 0.307. The third-order valence-electron chi connectivity index (χ3n) is 9.66. The molecule has 57 heavy (non-hydrogen) atoms. The van der Waals surface area contributed by atoms with E-state index < -0.39 is 66.2 Å². The molecule has 12 heteroatoms. The first-order valence-electron chi connectivity index (χ1n) is 18.7. The number of carboxylic acids is 1. The van der Waals surface area contributed by atoms with Crippen LogP contribution in [0.2, 0.25) is 0 Å². The minimum atomic E-state index is -1.34. The Balaban J connectivity index is 1.34. The molecule has 5 aromatic rings. The average Bonchev–Trinajstić information content (AvgIpc) is 3.22. The summed E-state index contributed by atoms with van der Waals surface area (Å²) in [5.41, 5.74) is 4.51. The predicted octanol–water partition coefficient (Wildman–Crippen LogP) is 4.57. The molecule has 4 amide bonds. The summed E-state index contributed by atoms with van der Waals surface area (Å²) in [4.78, 5) is 68.1. The van der Waals surface area contributed by atoms with E-state index in [2.05, 4.69) is 21.3 Å². The number of nitrogens with one attached hydrogen (secondary N) is 4. The molecular formula is C45H43FN4O7. The van der Waals surface area contributed by atoms with Crippen molar-refractivity contribution in [1.29, 1.82) is 0 Å². The fourth-order valence-electron chi connectivity index (χ4n) is 6.60. The van der Waals surface area contributed by atoms with Crippen LogP contribution in [0, 0.1) is 5.82 Å². The fraction of sp³-hybridized carbons (Fsp3) is 0.222. The van der Waals surface area contributed by atoms with Crippen molar-refractivity contribution in [2.75, 3.05) is 6.61 Å². The monoisotopic (exact) mass is 770 g/mol. The number of aryl methyl sites for hydroxylation is 1. The first kappa shape index (κ1) is 39.9. The molecule has 2 bridgehead atoms. The van der Waals surface area contributed by atoms with E-state index in [4.69, 9.17) is 4.74 Å². The van der Waals surface area contributed by atoms with Crippen LogP contribution in [-0.4, -0.2) is 65.5 Å². The molecule has 0 fully saturated rings. The molecule has 0 aliphatic carbocycles. The standard InChI is InChI=1S/C45H43FN4O7/c46-35-13-7-10-32(24-35)27-38-43(53)49-39(25-30-14-19-34(20-15-30)33-11-5-2-6-12-33)44(54)48-37(23-18-29-8-3-1-4-9-29)42(52)50-40(45(55)56)26-31-16-21-36(22-17-31)57-28-41(51)47-38/h1-17,19-22,24,37-40H,18,23,25-28H2,(H,47,51)(H,48,54)(H,49,53)(H,50,52)(H,55,56)/t37-,38-,39+,40-/m0/s1. The minimum Gasteiger partial charge on any atom is -0.484 e. The summed E-state index contributed by atoms with van der Waals surface area (Å²) in [5.74, 6) is -4.28. The molecule has 0 saturated heterocycles. The van der Waals surface area contributed by atoms with E-state index >= 15 is 0 Å². The van der Waals surface area contributed by atoms with Crippen LogP contribution in [0.25, 0.3) is 11.1 Å². The maximum absolute atomic E-state index is 14.3. The first-order valence-corrected chi connectivity index (χ1v) is 18.7. The molecule has 0 saturated carbocycles. The highest BCUT2D eigenvalue weighted by atomic mass is 19.1. The Morgan fingerprint density at radius 2 is 1.19 bits per heavy atom. The molecule has 2 heterocycles. The minimum absolute atomic E-state index is 0.00482. The number of hydrogen-bond donors (Lipinski definition) is 5. The van der Waals surface area contributed by atoms with Crippen LogP contribution in [-0.2, 0) is 49.7 Å². The van der Waals surface area contributed by atoms with Gasteiger partial charge in [-0.2, -0.15) is 0 Å². The van der Waals surface area contributed by atoms with Gasteiger partial charge in [0.25, 0.3) is 5.91 Å². The zero-order valence-electron chi connectivity index (χ0n) is 31.0. The first-order chi connectivity index (χ1) is 27.6. The predicted molar refractivity (Wildman–Crippen MR) is 211 cm³/mol. The summed E-state index contributed by atoms with van der Waals surface area (Å²) in [6, 6.07) is 33.5. The van der Waals surface area contributed by atoms with Crippen molar-refractivity contribution < 1.29 is 38.2 Å². The van der Waals surface area contributed by atoms with Crippen molar-refractivity contribution in [2.45, 2.75) is 56.3 Å². The van der Waals surface area contributed by atoms with Crippen LogP contribution >= 0.6 is 0 Å². The van der Waals surface area contributed by atoms with Crippen molar-refractivity contribution in [3.63, 3.8) is 0 Å². The number of fused-ring (bicyclic) bond motifs is 16. The molecule has 4 atom stereocenters. The van der Waals surface area contributed by atoms with Crippen LogP contribution in [0.4, 0.5) is 4.39 Å². The van der Waals surface area contributed by atoms with Gasteiger partial charge in [-0.05, 0) is 70.5 Å². The van der Waals surface area contributed by atoms with Crippen molar-refractivity contribution in [3.05, 3.63) is 162 Å². The van der Waals surface area contributed by atoms with Gasteiger partial charge in [0.1, 0.15) is 35.7 Å². The highest BCUT2D eigenvalue weighted by Crippen LogP contribution is 2.20. The van der Waals surface area contributed by atoms with Crippen molar-refractivity contribution in [1.82, 2.24) is 21.3 Å². The lowest BCUT2D eigenvalue weighted by atomic mass is 9.98. The quantitative estimate of drug-likeness (QED) is 0.137. The van der Waals surface area contributed by atoms with Gasteiger partial charge < -0.3 is 31.1 Å². The third-order valence-corrected chi connectivity index (χ3v) is 9.66. The summed E-state index contributed by atoms with van der Waals surface area (Å²) in [7, 11) is 0. The van der Waals surface area contributed by atoms with Gasteiger partial charge in [0.2, 0.25) is 17.7 Å². The Morgan fingerprint density at radius 1 is 0.614 bits per heavy atom. The normalized spacial score (nSPS) is 19.4. The highest BCUT2D eigenvalue weighted by molar-refractivity contribution is 5.95. The van der Waals surface area contributed by atoms with E-state index in [-0.39, 0.29) is 25.7 Å². The van der Waals surface area contributed by atoms with Crippen molar-refractivity contribution in [2.24, 2.45) is 0 Å². The smallest absolute Gasteiger partial charge is 0.326 e. The number of hydrogen-bond acceptors (Lipinski definition) is 6. The zero-order valence-corrected chi connectivity index (χ0v) is 31.0. The molecule has 0 radical (unpaired) electrons. The Hall–Kier alpha value is -6.82. The lowest BCUT2D eigenvalue weighted by molar-refractivity contribution is -0.142. The Morgan fingerprint density at radius 3 is 1.86 bits per heavy atom. The Labute approximate surface area is 329 Å². The van der Waals surface area contributed by atoms with Crippen molar-refractivity contribution in [3.8, 4) is 16.9 Å². The number of carbonyl (C=O) groups excluding carboxylic acids is 4. The molecule has 2 aliphatic rings. The summed E-state index contributed by atoms with van der Waals surface area (Å²) in [6.45, 7) is -0.471. The SMILES string of the molecule is O=C1COc2ccc(cc2)C[C@@H](C(=O)O)NC(=O)[C@H](CCc2ccccc2)NC(=O)[C@@H](Cc2ccc(-c3ccccc3)cc2)NC(=O)[C@H](Cc2cccc(F)c2)N1. The van der Waals surface area contributed by atoms with Crippen LogP contribution < -0.4 is 26.0 Å². The summed E-state index contributed by atoms with van der Waals surface area (Å²) in [5, 5.41) is 21.0. The second kappa shape index (κ2) is 19.2. The van der Waals surface area contributed by atoms with Crippen LogP contribution in [0.1, 0.15) is 28.7 Å². The average molecular weight is 771 g/mol. The Kier molecular flexibility index (Phi) is 13.4. The molecule has 0 aromatic heterocycles. The van der Waals surface area contributed by atoms with E-state index in [1.54, 1.807) is 30.3 Å². The van der Waals surface area contributed by atoms with Crippen LogP contribution in [0.5, 0.6) is 5.75 Å². The van der Waals surface area contributed by atoms with Gasteiger partial charge in [-0.15, -0.1) is 0 Å². The van der Waals surface area contributed by atoms with E-state index in [9.17, 15) is 33.5 Å². The van der Waals surface area contributed by atoms with Gasteiger partial charge >= 0.3 is 5.97 Å². The van der Waals surface area contributed by atoms with Crippen LogP contribution in [0.15, 0.2) is 133 Å². The number of halogens is 1. The second-order valence-electron chi connectivity index (χ2n) is 13.9. The topological polar surface area (TPSA) is 163 Å². The van der Waals surface area contributed by atoms with Gasteiger partial charge in [-0.3, -0.25) is 19.2 Å². The van der Waals surface area contributed by atoms with Gasteiger partial charge in [0, 0.05) is 19.3 Å². The van der Waals surface area contributed by atoms with Gasteiger partial charge in [0.15, 0.2) is 6.61 Å². The molecule has 11 nitrogen and oxygen atoms in total. The Bertz CT molecular complexity index is 2170. The number of amides is 4. The van der Waals surface area contributed by atoms with E-state index in [0.29, 0.717) is 28.9 Å². The molecule has 2 aliphatic heterocycles. The molecule has 292 valence electrons. The van der Waals surface area contributed by atoms with Crippen LogP contribution in [0.3, 0.4) is 0 Å². The van der Waals surface area contributed by atoms with E-state index in [0.717, 1.165) is 16.7 Å². The number of carboxylic acid groups (broad SMARTS) is 1. The van der Waals surface area contributed by atoms with Gasteiger partial charge in [-0.25, -0.2) is 9.18 Å². The fourth-order valence-corrected chi connectivity index (χ4v) is 6.60. The largest absolute Gasteiger partial charge is 0.484 e. The number of carbonyl (C=O) groups is 5. The summed E-state index contributed by atoms with van der Waals surface area (Å²) < 4.78 is 19.9. The number of rotatable bonds is 9. The maximum atomic E-state index is 14.3. The van der Waals surface area contributed by atoms with E-state index in [1.807, 2.05) is 84.9 Å². The van der Waals surface area contributed by atoms with Gasteiger partial charge in [-0.1, -0.05) is 109 Å². The number of ether oxygens (including phenoxy) is 1.